The number of hydrogen-bond acceptors (Lipinski definition) is 5. The van der Waals surface area contributed by atoms with Crippen molar-refractivity contribution in [2.24, 2.45) is 5.73 Å². The lowest BCUT2D eigenvalue weighted by Crippen LogP contribution is -2.23. The van der Waals surface area contributed by atoms with Gasteiger partial charge in [-0.15, -0.1) is 0 Å². The van der Waals surface area contributed by atoms with E-state index < -0.39 is 13.5 Å². The second kappa shape index (κ2) is 7.82. The van der Waals surface area contributed by atoms with Gasteiger partial charge in [-0.3, -0.25) is 9.36 Å². The van der Waals surface area contributed by atoms with Gasteiger partial charge in [-0.1, -0.05) is 0 Å². The lowest BCUT2D eigenvalue weighted by Gasteiger charge is -2.17. The number of hydrogen-bond donors (Lipinski definition) is 2. The maximum Gasteiger partial charge on any atom is 0.344 e. The van der Waals surface area contributed by atoms with Crippen LogP contribution in [0.5, 0.6) is 0 Å². The van der Waals surface area contributed by atoms with Crippen LogP contribution in [0.4, 0.5) is 0 Å². The first-order chi connectivity index (χ1) is 7.04. The summed E-state index contributed by atoms with van der Waals surface area (Å²) >= 11 is 0. The smallest absolute Gasteiger partial charge is 0.344 e. The highest BCUT2D eigenvalue weighted by molar-refractivity contribution is 7.53. The highest BCUT2D eigenvalue weighted by atomic mass is 31.2. The quantitative estimate of drug-likeness (QED) is 0.455. The molecule has 0 aliphatic rings. The van der Waals surface area contributed by atoms with Gasteiger partial charge in [0.1, 0.15) is 0 Å². The van der Waals surface area contributed by atoms with Crippen LogP contribution in [-0.2, 0) is 18.4 Å². The van der Waals surface area contributed by atoms with Crippen LogP contribution >= 0.6 is 7.60 Å². The van der Waals surface area contributed by atoms with Crippen molar-refractivity contribution in [1.82, 2.24) is 5.32 Å². The van der Waals surface area contributed by atoms with Crippen LogP contribution in [0.1, 0.15) is 20.3 Å². The van der Waals surface area contributed by atoms with Gasteiger partial charge in [-0.25, -0.2) is 0 Å². The van der Waals surface area contributed by atoms with E-state index in [0.29, 0.717) is 19.8 Å². The van der Waals surface area contributed by atoms with Crippen LogP contribution in [0.25, 0.3) is 0 Å². The van der Waals surface area contributed by atoms with Crippen LogP contribution < -0.4 is 11.1 Å². The molecule has 0 aromatic rings. The Morgan fingerprint density at radius 1 is 1.33 bits per heavy atom. The minimum atomic E-state index is -3.04. The minimum absolute atomic E-state index is 0.0992. The number of carbonyl (C=O) groups excluding carboxylic acids is 1. The topological polar surface area (TPSA) is 90.6 Å². The zero-order chi connectivity index (χ0) is 11.7. The fourth-order valence-corrected chi connectivity index (χ4v) is 2.43. The number of amides is 1. The van der Waals surface area contributed by atoms with Gasteiger partial charge in [-0.05, 0) is 13.8 Å². The molecule has 0 radical (unpaired) electrons. The summed E-state index contributed by atoms with van der Waals surface area (Å²) in [5.41, 5.74) is 4.95. The average molecular weight is 238 g/mol. The molecular formula is C8H19N2O4P. The number of nitrogens with one attached hydrogen (secondary N) is 1. The molecule has 6 nitrogen and oxygen atoms in total. The lowest BCUT2D eigenvalue weighted by atomic mass is 10.4. The molecule has 0 saturated heterocycles. The van der Waals surface area contributed by atoms with Crippen molar-refractivity contribution in [3.05, 3.63) is 0 Å². The second-order valence-electron chi connectivity index (χ2n) is 2.82. The van der Waals surface area contributed by atoms with Gasteiger partial charge in [-0.2, -0.15) is 0 Å². The van der Waals surface area contributed by atoms with Crippen molar-refractivity contribution in [2.75, 3.05) is 26.0 Å². The molecule has 1 amide bonds. The average Bonchev–Trinajstić information content (AvgIpc) is 2.13. The van der Waals surface area contributed by atoms with E-state index in [1.54, 1.807) is 13.8 Å². The van der Waals surface area contributed by atoms with Gasteiger partial charge >= 0.3 is 7.60 Å². The second-order valence-corrected chi connectivity index (χ2v) is 4.88. The van der Waals surface area contributed by atoms with E-state index in [9.17, 15) is 9.36 Å². The molecule has 0 unspecified atom stereocenters. The third kappa shape index (κ3) is 7.50. The molecule has 0 aliphatic heterocycles. The summed E-state index contributed by atoms with van der Waals surface area (Å²) in [5.74, 6) is -0.398. The van der Waals surface area contributed by atoms with Crippen molar-refractivity contribution in [3.8, 4) is 0 Å². The molecule has 0 atom stereocenters. The molecule has 0 bridgehead atoms. The van der Waals surface area contributed by atoms with Gasteiger partial charge in [0, 0.05) is 13.0 Å². The fourth-order valence-electron chi connectivity index (χ4n) is 0.950. The van der Waals surface area contributed by atoms with E-state index in [1.807, 2.05) is 0 Å². The van der Waals surface area contributed by atoms with Crippen LogP contribution in [0.3, 0.4) is 0 Å². The number of carbonyl (C=O) groups is 1. The van der Waals surface area contributed by atoms with Crippen molar-refractivity contribution >= 4 is 13.5 Å². The molecule has 3 N–H and O–H groups in total. The largest absolute Gasteiger partial charge is 0.370 e. The first-order valence-electron chi connectivity index (χ1n) is 4.91. The van der Waals surface area contributed by atoms with E-state index in [4.69, 9.17) is 14.8 Å². The molecule has 0 aliphatic carbocycles. The highest BCUT2D eigenvalue weighted by Gasteiger charge is 2.22. The van der Waals surface area contributed by atoms with Crippen LogP contribution in [-0.4, -0.2) is 32.0 Å². The highest BCUT2D eigenvalue weighted by Crippen LogP contribution is 2.46. The Balaban J connectivity index is 3.85. The minimum Gasteiger partial charge on any atom is -0.370 e. The van der Waals surface area contributed by atoms with Gasteiger partial charge in [0.15, 0.2) is 0 Å². The van der Waals surface area contributed by atoms with Crippen LogP contribution in [0.15, 0.2) is 0 Å². The van der Waals surface area contributed by atoms with Gasteiger partial charge in [0.25, 0.3) is 0 Å². The maximum absolute atomic E-state index is 11.8. The number of rotatable bonds is 9. The van der Waals surface area contributed by atoms with E-state index in [-0.39, 0.29) is 12.7 Å². The first kappa shape index (κ1) is 14.6. The summed E-state index contributed by atoms with van der Waals surface area (Å²) in [6, 6.07) is 0. The third-order valence-corrected chi connectivity index (χ3v) is 3.42. The molecule has 15 heavy (non-hydrogen) atoms. The van der Waals surface area contributed by atoms with Crippen molar-refractivity contribution < 1.29 is 18.4 Å². The molecule has 7 heteroatoms. The molecule has 90 valence electrons. The molecule has 0 spiro atoms. The van der Waals surface area contributed by atoms with E-state index in [2.05, 4.69) is 5.32 Å². The van der Waals surface area contributed by atoms with Gasteiger partial charge in [0.05, 0.1) is 19.5 Å². The molecule has 0 fully saturated rings. The van der Waals surface area contributed by atoms with E-state index in [0.717, 1.165) is 0 Å². The molecule has 0 aromatic carbocycles. The Kier molecular flexibility index (Phi) is 7.60. The van der Waals surface area contributed by atoms with Gasteiger partial charge < -0.3 is 20.1 Å². The number of nitrogens with two attached hydrogens (primary N) is 1. The van der Waals surface area contributed by atoms with Crippen LogP contribution in [0, 0.1) is 0 Å². The first-order valence-corrected chi connectivity index (χ1v) is 6.64. The lowest BCUT2D eigenvalue weighted by molar-refractivity contribution is -0.117. The fraction of sp³-hybridized carbons (Fsp3) is 0.875. The predicted molar refractivity (Wildman–Crippen MR) is 57.5 cm³/mol. The van der Waals surface area contributed by atoms with Crippen molar-refractivity contribution in [2.45, 2.75) is 20.3 Å². The maximum atomic E-state index is 11.8. The summed E-state index contributed by atoms with van der Waals surface area (Å²) < 4.78 is 21.9. The van der Waals surface area contributed by atoms with E-state index in [1.165, 1.54) is 0 Å². The van der Waals surface area contributed by atoms with E-state index >= 15 is 0 Å². The van der Waals surface area contributed by atoms with Crippen molar-refractivity contribution in [1.29, 1.82) is 0 Å². The number of primary amides is 1. The summed E-state index contributed by atoms with van der Waals surface area (Å²) in [7, 11) is -3.04. The Morgan fingerprint density at radius 3 is 2.27 bits per heavy atom. The standard InChI is InChI=1S/C8H19N2O4P/c1-3-13-15(12,14-4-2)7-10-6-5-8(9)11/h10H,3-7H2,1-2H3,(H2,9,11). The monoisotopic (exact) mass is 238 g/mol. The molecule has 0 rings (SSSR count). The van der Waals surface area contributed by atoms with Crippen LogP contribution in [0.2, 0.25) is 0 Å². The Morgan fingerprint density at radius 2 is 1.87 bits per heavy atom. The van der Waals surface area contributed by atoms with Gasteiger partial charge in [0.2, 0.25) is 5.91 Å². The molecule has 0 heterocycles. The zero-order valence-corrected chi connectivity index (χ0v) is 10.1. The third-order valence-electron chi connectivity index (χ3n) is 1.51. The SMILES string of the molecule is CCOP(=O)(CNCCC(N)=O)OCC. The summed E-state index contributed by atoms with van der Waals surface area (Å²) in [5, 5.41) is 2.81. The molecule has 0 aromatic heterocycles. The predicted octanol–water partition coefficient (Wildman–Crippen LogP) is 0.675. The Labute approximate surface area is 90.0 Å². The Bertz CT molecular complexity index is 225. The molecule has 0 saturated carbocycles. The molecular weight excluding hydrogens is 219 g/mol. The normalized spacial score (nSPS) is 11.6. The summed E-state index contributed by atoms with van der Waals surface area (Å²) in [4.78, 5) is 10.4. The Hall–Kier alpha value is -0.420. The summed E-state index contributed by atoms with van der Waals surface area (Å²) in [6.45, 7) is 4.52. The zero-order valence-electron chi connectivity index (χ0n) is 9.19. The summed E-state index contributed by atoms with van der Waals surface area (Å²) in [6.07, 6.45) is 0.306. The van der Waals surface area contributed by atoms with Crippen molar-refractivity contribution in [3.63, 3.8) is 0 Å².